The number of rotatable bonds is 4. The van der Waals surface area contributed by atoms with Crippen molar-refractivity contribution in [1.82, 2.24) is 9.78 Å². The van der Waals surface area contributed by atoms with E-state index in [1.807, 2.05) is 24.3 Å². The highest BCUT2D eigenvalue weighted by Crippen LogP contribution is 2.33. The predicted molar refractivity (Wildman–Crippen MR) is 88.2 cm³/mol. The Morgan fingerprint density at radius 2 is 1.96 bits per heavy atom. The molecule has 0 atom stereocenters. The van der Waals surface area contributed by atoms with E-state index in [1.165, 1.54) is 4.68 Å². The summed E-state index contributed by atoms with van der Waals surface area (Å²) < 4.78 is 38.9. The van der Waals surface area contributed by atoms with Gasteiger partial charge in [0, 0.05) is 17.1 Å². The molecular weight excluding hydrogens is 395 g/mol. The molecule has 1 amide bonds. The van der Waals surface area contributed by atoms with Gasteiger partial charge in [0.05, 0.1) is 11.4 Å². The summed E-state index contributed by atoms with van der Waals surface area (Å²) >= 11 is 2.97. The zero-order valence-electron chi connectivity index (χ0n) is 12.2. The van der Waals surface area contributed by atoms with Gasteiger partial charge >= 0.3 is 5.51 Å². The van der Waals surface area contributed by atoms with E-state index in [4.69, 9.17) is 0 Å². The number of hydrogen-bond donors (Lipinski definition) is 1. The van der Waals surface area contributed by atoms with Crippen LogP contribution < -0.4 is 5.32 Å². The molecule has 0 radical (unpaired) electrons. The number of nitrogens with zero attached hydrogens (tertiary/aromatic N) is 2. The van der Waals surface area contributed by atoms with Crippen LogP contribution in [0.15, 0.2) is 28.7 Å². The summed E-state index contributed by atoms with van der Waals surface area (Å²) in [7, 11) is 1.63. The number of amides is 1. The van der Waals surface area contributed by atoms with Crippen molar-refractivity contribution in [3.63, 3.8) is 0 Å². The first kappa shape index (κ1) is 17.9. The second-order valence-electron chi connectivity index (χ2n) is 4.72. The Bertz CT molecular complexity index is 713. The van der Waals surface area contributed by atoms with E-state index < -0.39 is 17.2 Å². The van der Waals surface area contributed by atoms with Crippen molar-refractivity contribution < 1.29 is 18.0 Å². The molecule has 0 saturated carbocycles. The number of aryl methyl sites for hydroxylation is 2. The minimum atomic E-state index is -4.44. The largest absolute Gasteiger partial charge is 0.442 e. The van der Waals surface area contributed by atoms with Gasteiger partial charge < -0.3 is 5.32 Å². The van der Waals surface area contributed by atoms with Gasteiger partial charge in [0.2, 0.25) is 5.91 Å². The van der Waals surface area contributed by atoms with Crippen LogP contribution >= 0.6 is 27.7 Å². The molecule has 1 aromatic heterocycles. The van der Waals surface area contributed by atoms with Crippen LogP contribution in [0, 0.1) is 6.92 Å². The number of thioether (sulfide) groups is 1. The first-order valence-electron chi connectivity index (χ1n) is 6.47. The summed E-state index contributed by atoms with van der Waals surface area (Å²) in [6.45, 7) is 1.78. The van der Waals surface area contributed by atoms with Gasteiger partial charge in [-0.3, -0.25) is 9.48 Å². The average molecular weight is 408 g/mol. The van der Waals surface area contributed by atoms with Crippen molar-refractivity contribution in [3.05, 3.63) is 34.4 Å². The van der Waals surface area contributed by atoms with Gasteiger partial charge in [-0.25, -0.2) is 0 Å². The Balaban J connectivity index is 2.25. The van der Waals surface area contributed by atoms with E-state index in [1.54, 1.807) is 14.0 Å². The molecule has 0 aliphatic rings. The highest BCUT2D eigenvalue weighted by molar-refractivity contribution is 9.10. The molecule has 23 heavy (non-hydrogen) atoms. The molecule has 0 aliphatic carbocycles. The van der Waals surface area contributed by atoms with Crippen LogP contribution in [0.2, 0.25) is 0 Å². The number of anilines is 1. The van der Waals surface area contributed by atoms with Crippen LogP contribution in [-0.2, 0) is 11.8 Å². The van der Waals surface area contributed by atoms with Gasteiger partial charge in [0.1, 0.15) is 5.82 Å². The van der Waals surface area contributed by atoms with E-state index >= 15 is 0 Å². The van der Waals surface area contributed by atoms with Crippen LogP contribution in [0.5, 0.6) is 0 Å². The molecule has 2 rings (SSSR count). The molecule has 1 heterocycles. The van der Waals surface area contributed by atoms with Crippen LogP contribution in [0.3, 0.4) is 0 Å². The molecule has 1 aromatic carbocycles. The fourth-order valence-electron chi connectivity index (χ4n) is 2.08. The van der Waals surface area contributed by atoms with Gasteiger partial charge in [-0.1, -0.05) is 28.1 Å². The van der Waals surface area contributed by atoms with Gasteiger partial charge in [0.25, 0.3) is 0 Å². The third kappa shape index (κ3) is 4.74. The maximum atomic E-state index is 12.2. The topological polar surface area (TPSA) is 46.9 Å². The van der Waals surface area contributed by atoms with Crippen molar-refractivity contribution in [2.75, 3.05) is 11.1 Å². The standard InChI is InChI=1S/C14H13BrF3N3OS/c1-8-12(9-3-5-10(15)6-4-9)13(21(2)20-8)19-11(22)7-23-14(16,17)18/h3-6H,7H2,1-2H3,(H,19,22). The fraction of sp³-hybridized carbons (Fsp3) is 0.286. The molecule has 0 fully saturated rings. The quantitative estimate of drug-likeness (QED) is 0.819. The Morgan fingerprint density at radius 1 is 1.35 bits per heavy atom. The number of benzene rings is 1. The van der Waals surface area contributed by atoms with Gasteiger partial charge in [-0.15, -0.1) is 0 Å². The maximum Gasteiger partial charge on any atom is 0.442 e. The smallest absolute Gasteiger partial charge is 0.310 e. The first-order chi connectivity index (χ1) is 10.7. The minimum Gasteiger partial charge on any atom is -0.310 e. The summed E-state index contributed by atoms with van der Waals surface area (Å²) in [5.74, 6) is -1.06. The predicted octanol–water partition coefficient (Wildman–Crippen LogP) is 4.35. The number of carbonyl (C=O) groups excluding carboxylic acids is 1. The van der Waals surface area contributed by atoms with Crippen LogP contribution in [0.1, 0.15) is 5.69 Å². The second-order valence-corrected chi connectivity index (χ2v) is 6.68. The Hall–Kier alpha value is -1.48. The van der Waals surface area contributed by atoms with Gasteiger partial charge in [-0.2, -0.15) is 18.3 Å². The van der Waals surface area contributed by atoms with Crippen molar-refractivity contribution in [2.45, 2.75) is 12.4 Å². The van der Waals surface area contributed by atoms with Crippen molar-refractivity contribution >= 4 is 39.4 Å². The molecule has 0 saturated heterocycles. The number of hydrogen-bond acceptors (Lipinski definition) is 3. The van der Waals surface area contributed by atoms with Gasteiger partial charge in [0.15, 0.2) is 0 Å². The molecule has 0 aliphatic heterocycles. The summed E-state index contributed by atoms with van der Waals surface area (Å²) in [5.41, 5.74) is -2.26. The monoisotopic (exact) mass is 407 g/mol. The first-order valence-corrected chi connectivity index (χ1v) is 8.25. The Morgan fingerprint density at radius 3 is 2.52 bits per heavy atom. The minimum absolute atomic E-state index is 0.371. The van der Waals surface area contributed by atoms with Crippen molar-refractivity contribution in [3.8, 4) is 11.1 Å². The Kier molecular flexibility index (Phi) is 5.41. The summed E-state index contributed by atoms with van der Waals surface area (Å²) in [5, 5.41) is 6.75. The van der Waals surface area contributed by atoms with Crippen molar-refractivity contribution in [2.24, 2.45) is 7.05 Å². The average Bonchev–Trinajstić information content (AvgIpc) is 2.72. The lowest BCUT2D eigenvalue weighted by molar-refractivity contribution is -0.114. The van der Waals surface area contributed by atoms with Crippen LogP contribution in [-0.4, -0.2) is 26.9 Å². The molecule has 1 N–H and O–H groups in total. The summed E-state index contributed by atoms with van der Waals surface area (Å²) in [6.07, 6.45) is 0. The second kappa shape index (κ2) is 6.96. The SMILES string of the molecule is Cc1nn(C)c(NC(=O)CSC(F)(F)F)c1-c1ccc(Br)cc1. The number of aromatic nitrogens is 2. The summed E-state index contributed by atoms with van der Waals surface area (Å²) in [6, 6.07) is 7.36. The Labute approximate surface area is 143 Å². The van der Waals surface area contributed by atoms with E-state index in [0.717, 1.165) is 10.0 Å². The molecule has 0 unspecified atom stereocenters. The molecule has 0 spiro atoms. The normalized spacial score (nSPS) is 11.6. The number of carbonyl (C=O) groups is 1. The number of alkyl halides is 3. The third-order valence-electron chi connectivity index (χ3n) is 2.98. The third-order valence-corrected chi connectivity index (χ3v) is 4.24. The van der Waals surface area contributed by atoms with Gasteiger partial charge in [-0.05, 0) is 36.4 Å². The highest BCUT2D eigenvalue weighted by Gasteiger charge is 2.29. The highest BCUT2D eigenvalue weighted by atomic mass is 79.9. The maximum absolute atomic E-state index is 12.2. The van der Waals surface area contributed by atoms with E-state index in [9.17, 15) is 18.0 Å². The van der Waals surface area contributed by atoms with E-state index in [0.29, 0.717) is 17.1 Å². The lowest BCUT2D eigenvalue weighted by Crippen LogP contribution is -2.19. The molecule has 9 heteroatoms. The lowest BCUT2D eigenvalue weighted by Gasteiger charge is -2.10. The molecule has 124 valence electrons. The molecule has 4 nitrogen and oxygen atoms in total. The number of halogens is 4. The van der Waals surface area contributed by atoms with Crippen LogP contribution in [0.4, 0.5) is 19.0 Å². The summed E-state index contributed by atoms with van der Waals surface area (Å²) in [4.78, 5) is 11.8. The van der Waals surface area contributed by atoms with Crippen LogP contribution in [0.25, 0.3) is 11.1 Å². The van der Waals surface area contributed by atoms with E-state index in [2.05, 4.69) is 26.3 Å². The van der Waals surface area contributed by atoms with E-state index in [-0.39, 0.29) is 11.8 Å². The molecular formula is C14H13BrF3N3OS. The number of nitrogens with one attached hydrogen (secondary N) is 1. The molecule has 0 bridgehead atoms. The zero-order valence-corrected chi connectivity index (χ0v) is 14.6. The lowest BCUT2D eigenvalue weighted by atomic mass is 10.1. The fourth-order valence-corrected chi connectivity index (χ4v) is 2.71. The zero-order chi connectivity index (χ0) is 17.2. The molecule has 2 aromatic rings. The van der Waals surface area contributed by atoms with Crippen molar-refractivity contribution in [1.29, 1.82) is 0 Å².